The highest BCUT2D eigenvalue weighted by Crippen LogP contribution is 2.24. The van der Waals surface area contributed by atoms with Crippen molar-refractivity contribution < 1.29 is 0 Å². The summed E-state index contributed by atoms with van der Waals surface area (Å²) in [6.45, 7) is 3.07. The van der Waals surface area contributed by atoms with Crippen LogP contribution in [0.25, 0.3) is 11.3 Å². The summed E-state index contributed by atoms with van der Waals surface area (Å²) in [5.74, 6) is 0. The summed E-state index contributed by atoms with van der Waals surface area (Å²) < 4.78 is 0. The molecule has 0 unspecified atom stereocenters. The molecule has 1 aromatic carbocycles. The molecule has 0 saturated heterocycles. The third kappa shape index (κ3) is 2.83. The topological polar surface area (TPSA) is 48.7 Å². The number of nitriles is 1. The van der Waals surface area contributed by atoms with E-state index in [0.29, 0.717) is 5.56 Å². The number of nitrogens with one attached hydrogen (secondary N) is 1. The van der Waals surface area contributed by atoms with Crippen molar-refractivity contribution >= 4 is 16.5 Å². The van der Waals surface area contributed by atoms with Crippen LogP contribution in [-0.2, 0) is 0 Å². The molecule has 0 amide bonds. The third-order valence-electron chi connectivity index (χ3n) is 2.34. The van der Waals surface area contributed by atoms with Gasteiger partial charge in [-0.25, -0.2) is 4.98 Å². The molecule has 0 spiro atoms. The predicted molar refractivity (Wildman–Crippen MR) is 71.0 cm³/mol. The highest BCUT2D eigenvalue weighted by molar-refractivity contribution is 7.14. The van der Waals surface area contributed by atoms with E-state index in [1.807, 2.05) is 29.6 Å². The van der Waals surface area contributed by atoms with E-state index < -0.39 is 0 Å². The fourth-order valence-electron chi connectivity index (χ4n) is 1.43. The Balaban J connectivity index is 2.16. The van der Waals surface area contributed by atoms with E-state index in [4.69, 9.17) is 5.26 Å². The van der Waals surface area contributed by atoms with Crippen molar-refractivity contribution in [2.45, 2.75) is 13.3 Å². The van der Waals surface area contributed by atoms with Crippen molar-refractivity contribution in [3.8, 4) is 17.3 Å². The van der Waals surface area contributed by atoms with Crippen LogP contribution in [0.1, 0.15) is 18.9 Å². The molecule has 3 nitrogen and oxygen atoms in total. The molecule has 2 rings (SSSR count). The van der Waals surface area contributed by atoms with Crippen LogP contribution in [0, 0.1) is 11.3 Å². The SMILES string of the molecule is CCCNc1nc(-c2ccc(C#N)cc2)cs1. The molecule has 0 aliphatic carbocycles. The van der Waals surface area contributed by atoms with Gasteiger partial charge in [0.05, 0.1) is 17.3 Å². The summed E-state index contributed by atoms with van der Waals surface area (Å²) in [5, 5.41) is 15.0. The largest absolute Gasteiger partial charge is 0.362 e. The quantitative estimate of drug-likeness (QED) is 0.894. The van der Waals surface area contributed by atoms with Gasteiger partial charge >= 0.3 is 0 Å². The Kier molecular flexibility index (Phi) is 3.73. The summed E-state index contributed by atoms with van der Waals surface area (Å²) >= 11 is 1.61. The van der Waals surface area contributed by atoms with Gasteiger partial charge in [-0.15, -0.1) is 11.3 Å². The van der Waals surface area contributed by atoms with Crippen molar-refractivity contribution in [3.63, 3.8) is 0 Å². The lowest BCUT2D eigenvalue weighted by Gasteiger charge is -1.98. The molecular weight excluding hydrogens is 230 g/mol. The van der Waals surface area contributed by atoms with Crippen LogP contribution in [-0.4, -0.2) is 11.5 Å². The molecule has 17 heavy (non-hydrogen) atoms. The molecule has 0 fully saturated rings. The average Bonchev–Trinajstić information content (AvgIpc) is 2.85. The zero-order valence-corrected chi connectivity index (χ0v) is 10.4. The van der Waals surface area contributed by atoms with Gasteiger partial charge < -0.3 is 5.32 Å². The molecule has 0 radical (unpaired) electrons. The van der Waals surface area contributed by atoms with Crippen LogP contribution in [0.2, 0.25) is 0 Å². The Morgan fingerprint density at radius 2 is 2.12 bits per heavy atom. The minimum atomic E-state index is 0.674. The molecule has 0 atom stereocenters. The molecule has 0 bridgehead atoms. The predicted octanol–water partition coefficient (Wildman–Crippen LogP) is 3.50. The van der Waals surface area contributed by atoms with Crippen LogP contribution < -0.4 is 5.32 Å². The van der Waals surface area contributed by atoms with Crippen LogP contribution in [0.15, 0.2) is 29.6 Å². The number of thiazole rings is 1. The van der Waals surface area contributed by atoms with E-state index in [-0.39, 0.29) is 0 Å². The van der Waals surface area contributed by atoms with Gasteiger partial charge in [0.2, 0.25) is 0 Å². The number of nitrogens with zero attached hydrogens (tertiary/aromatic N) is 2. The second-order valence-corrected chi connectivity index (χ2v) is 4.51. The highest BCUT2D eigenvalue weighted by atomic mass is 32.1. The number of anilines is 1. The summed E-state index contributed by atoms with van der Waals surface area (Å²) in [6.07, 6.45) is 1.09. The lowest BCUT2D eigenvalue weighted by Crippen LogP contribution is -1.98. The summed E-state index contributed by atoms with van der Waals surface area (Å²) in [4.78, 5) is 4.50. The first-order valence-electron chi connectivity index (χ1n) is 5.53. The Morgan fingerprint density at radius 1 is 1.35 bits per heavy atom. The third-order valence-corrected chi connectivity index (χ3v) is 3.14. The fraction of sp³-hybridized carbons (Fsp3) is 0.231. The highest BCUT2D eigenvalue weighted by Gasteiger charge is 2.03. The van der Waals surface area contributed by atoms with E-state index in [9.17, 15) is 0 Å². The number of rotatable bonds is 4. The minimum Gasteiger partial charge on any atom is -0.362 e. The van der Waals surface area contributed by atoms with Crippen LogP contribution >= 0.6 is 11.3 Å². The second kappa shape index (κ2) is 5.46. The zero-order chi connectivity index (χ0) is 12.1. The normalized spacial score (nSPS) is 9.88. The number of hydrogen-bond acceptors (Lipinski definition) is 4. The summed E-state index contributed by atoms with van der Waals surface area (Å²) in [7, 11) is 0. The van der Waals surface area contributed by atoms with Gasteiger partial charge in [0.15, 0.2) is 5.13 Å². The summed E-state index contributed by atoms with van der Waals surface area (Å²) in [6, 6.07) is 9.59. The molecule has 1 heterocycles. The lowest BCUT2D eigenvalue weighted by molar-refractivity contribution is 0.976. The van der Waals surface area contributed by atoms with Gasteiger partial charge in [0.1, 0.15) is 0 Å². The first-order valence-corrected chi connectivity index (χ1v) is 6.41. The van der Waals surface area contributed by atoms with Crippen molar-refractivity contribution in [1.29, 1.82) is 5.26 Å². The number of hydrogen-bond donors (Lipinski definition) is 1. The van der Waals surface area contributed by atoms with Gasteiger partial charge in [-0.2, -0.15) is 5.26 Å². The minimum absolute atomic E-state index is 0.674. The Morgan fingerprint density at radius 3 is 2.76 bits per heavy atom. The molecule has 0 saturated carbocycles. The van der Waals surface area contributed by atoms with Gasteiger partial charge in [0, 0.05) is 17.5 Å². The Hall–Kier alpha value is -1.86. The van der Waals surface area contributed by atoms with Gasteiger partial charge in [-0.3, -0.25) is 0 Å². The molecule has 2 aromatic rings. The van der Waals surface area contributed by atoms with E-state index in [2.05, 4.69) is 23.3 Å². The van der Waals surface area contributed by atoms with E-state index in [0.717, 1.165) is 29.4 Å². The average molecular weight is 243 g/mol. The first-order chi connectivity index (χ1) is 8.33. The molecule has 0 aliphatic heterocycles. The number of benzene rings is 1. The Bertz CT molecular complexity index is 522. The first kappa shape index (κ1) is 11.6. The maximum Gasteiger partial charge on any atom is 0.183 e. The maximum absolute atomic E-state index is 8.73. The van der Waals surface area contributed by atoms with Gasteiger partial charge in [-0.1, -0.05) is 19.1 Å². The zero-order valence-electron chi connectivity index (χ0n) is 9.60. The van der Waals surface area contributed by atoms with Gasteiger partial charge in [-0.05, 0) is 18.6 Å². The van der Waals surface area contributed by atoms with E-state index in [1.54, 1.807) is 11.3 Å². The maximum atomic E-state index is 8.73. The summed E-state index contributed by atoms with van der Waals surface area (Å²) in [5.41, 5.74) is 2.68. The van der Waals surface area contributed by atoms with Crippen molar-refractivity contribution in [2.24, 2.45) is 0 Å². The molecule has 0 aliphatic rings. The van der Waals surface area contributed by atoms with Crippen molar-refractivity contribution in [2.75, 3.05) is 11.9 Å². The van der Waals surface area contributed by atoms with Crippen LogP contribution in [0.3, 0.4) is 0 Å². The van der Waals surface area contributed by atoms with Crippen molar-refractivity contribution in [1.82, 2.24) is 4.98 Å². The van der Waals surface area contributed by atoms with Gasteiger partial charge in [0.25, 0.3) is 0 Å². The molecule has 86 valence electrons. The monoisotopic (exact) mass is 243 g/mol. The molecule has 1 aromatic heterocycles. The van der Waals surface area contributed by atoms with Crippen LogP contribution in [0.4, 0.5) is 5.13 Å². The lowest BCUT2D eigenvalue weighted by atomic mass is 10.1. The second-order valence-electron chi connectivity index (χ2n) is 3.65. The molecule has 4 heteroatoms. The van der Waals surface area contributed by atoms with Crippen LogP contribution in [0.5, 0.6) is 0 Å². The molecular formula is C13H13N3S. The Labute approximate surface area is 105 Å². The smallest absolute Gasteiger partial charge is 0.183 e. The number of aromatic nitrogens is 1. The standard InChI is InChI=1S/C13H13N3S/c1-2-7-15-13-16-12(9-17-13)11-5-3-10(8-14)4-6-11/h3-6,9H,2,7H2,1H3,(H,15,16). The fourth-order valence-corrected chi connectivity index (χ4v) is 2.18. The van der Waals surface area contributed by atoms with E-state index >= 15 is 0 Å². The van der Waals surface area contributed by atoms with Crippen molar-refractivity contribution in [3.05, 3.63) is 35.2 Å². The molecule has 1 N–H and O–H groups in total. The van der Waals surface area contributed by atoms with E-state index in [1.165, 1.54) is 0 Å².